The molecule has 166 valence electrons. The van der Waals surface area contributed by atoms with Crippen LogP contribution in [0.2, 0.25) is 13.3 Å². The molecular weight excluding hydrogens is 483 g/mol. The van der Waals surface area contributed by atoms with Gasteiger partial charge in [0.15, 0.2) is 0 Å². The zero-order valence-electron chi connectivity index (χ0n) is 20.1. The van der Waals surface area contributed by atoms with E-state index in [0.29, 0.717) is 0 Å². The van der Waals surface area contributed by atoms with Crippen LogP contribution < -0.4 is 3.58 Å². The molecule has 0 N–H and O–H groups in total. The topological polar surface area (TPSA) is 25.8 Å². The fourth-order valence-electron chi connectivity index (χ4n) is 4.99. The molecule has 0 aliphatic heterocycles. The Hall–Kier alpha value is -1.42. The normalized spacial score (nSPS) is 11.9. The summed E-state index contributed by atoms with van der Waals surface area (Å²) >= 11 is -2.60. The number of fused-ring (bicyclic) bond motifs is 1. The van der Waals surface area contributed by atoms with E-state index in [1.54, 1.807) is 3.58 Å². The van der Waals surface area contributed by atoms with E-state index < -0.39 is 18.4 Å². The molecule has 0 amide bonds. The minimum atomic E-state index is -2.60. The molecule has 31 heavy (non-hydrogen) atoms. The molecule has 0 saturated carbocycles. The van der Waals surface area contributed by atoms with Gasteiger partial charge in [0.25, 0.3) is 0 Å². The van der Waals surface area contributed by atoms with Gasteiger partial charge in [-0.2, -0.15) is 0 Å². The third-order valence-corrected chi connectivity index (χ3v) is 22.3. The van der Waals surface area contributed by atoms with Crippen molar-refractivity contribution in [3.63, 3.8) is 0 Å². The molecule has 0 aliphatic rings. The van der Waals surface area contributed by atoms with E-state index in [2.05, 4.69) is 69.2 Å². The number of nitrogens with zero attached hydrogens (tertiary/aromatic N) is 2. The van der Waals surface area contributed by atoms with Gasteiger partial charge in [0, 0.05) is 0 Å². The number of hydrogen-bond acceptors (Lipinski definition) is 2. The molecule has 0 unspecified atom stereocenters. The summed E-state index contributed by atoms with van der Waals surface area (Å²) in [6, 6.07) is 11.7. The van der Waals surface area contributed by atoms with Gasteiger partial charge in [-0.1, -0.05) is 0 Å². The molecule has 3 rings (SSSR count). The fraction of sp³-hybridized carbons (Fsp3) is 0.500. The first-order valence-corrected chi connectivity index (χ1v) is 19.9. The van der Waals surface area contributed by atoms with E-state index in [-0.39, 0.29) is 0 Å². The van der Waals surface area contributed by atoms with Gasteiger partial charge in [0.2, 0.25) is 0 Å². The third-order valence-electron chi connectivity index (χ3n) is 6.74. The zero-order chi connectivity index (χ0) is 22.1. The first-order valence-electron chi connectivity index (χ1n) is 12.4. The second-order valence-corrected chi connectivity index (χ2v) is 22.5. The van der Waals surface area contributed by atoms with Crippen LogP contribution in [0.4, 0.5) is 0 Å². The number of aromatic nitrogens is 2. The summed E-state index contributed by atoms with van der Waals surface area (Å²) < 4.78 is 6.16. The molecule has 0 saturated heterocycles. The Bertz CT molecular complexity index is 930. The maximum atomic E-state index is 5.06. The Morgan fingerprint density at radius 1 is 0.774 bits per heavy atom. The fourth-order valence-corrected chi connectivity index (χ4v) is 21.7. The second-order valence-electron chi connectivity index (χ2n) is 9.35. The number of aryl methyl sites for hydroxylation is 1. The first-order chi connectivity index (χ1) is 15.1. The molecule has 2 heterocycles. The van der Waals surface area contributed by atoms with Crippen LogP contribution in [0.15, 0.2) is 48.9 Å². The molecular formula is C28H40N2Sn. The van der Waals surface area contributed by atoms with Gasteiger partial charge >= 0.3 is 194 Å². The molecule has 0 spiro atoms. The average Bonchev–Trinajstić information content (AvgIpc) is 2.79. The van der Waals surface area contributed by atoms with Crippen molar-refractivity contribution in [2.75, 3.05) is 0 Å². The summed E-state index contributed by atoms with van der Waals surface area (Å²) in [5, 5.41) is 1.35. The molecule has 1 aromatic carbocycles. The summed E-state index contributed by atoms with van der Waals surface area (Å²) in [6.07, 6.45) is 14.9. The van der Waals surface area contributed by atoms with Crippen LogP contribution in [0.25, 0.3) is 10.9 Å². The average molecular weight is 523 g/mol. The minimum absolute atomic E-state index is 0.983. The van der Waals surface area contributed by atoms with Crippen molar-refractivity contribution >= 4 is 32.9 Å². The van der Waals surface area contributed by atoms with Gasteiger partial charge in [0.05, 0.1) is 0 Å². The second kappa shape index (κ2) is 12.0. The summed E-state index contributed by atoms with van der Waals surface area (Å²) in [5.74, 6) is 0. The standard InChI is InChI=1S/C16H13N2.3C4H9.Sn/c1-12-8-15-10-14(2-3-16(15)18-11-12)9-13-4-6-17-7-5-13;3*1-3-4-2;/h2,4-8,10-11H,9H2,1H3;3*1,3-4H2,2H3;. The molecule has 0 atom stereocenters. The van der Waals surface area contributed by atoms with Crippen LogP contribution in [0.5, 0.6) is 0 Å². The van der Waals surface area contributed by atoms with E-state index >= 15 is 0 Å². The predicted octanol–water partition coefficient (Wildman–Crippen LogP) is 7.59. The Balaban J connectivity index is 2.17. The molecule has 0 aliphatic carbocycles. The first kappa shape index (κ1) is 24.2. The summed E-state index contributed by atoms with van der Waals surface area (Å²) in [7, 11) is 0. The number of benzene rings is 1. The van der Waals surface area contributed by atoms with Crippen LogP contribution in [0.3, 0.4) is 0 Å². The number of pyridine rings is 2. The van der Waals surface area contributed by atoms with Crippen molar-refractivity contribution in [3.05, 3.63) is 65.6 Å². The summed E-state index contributed by atoms with van der Waals surface area (Å²) in [6.45, 7) is 9.24. The van der Waals surface area contributed by atoms with E-state index in [4.69, 9.17) is 4.98 Å². The van der Waals surface area contributed by atoms with Gasteiger partial charge in [-0.25, -0.2) is 0 Å². The van der Waals surface area contributed by atoms with Crippen LogP contribution in [-0.4, -0.2) is 28.3 Å². The van der Waals surface area contributed by atoms with Crippen molar-refractivity contribution < 1.29 is 0 Å². The Labute approximate surface area is 193 Å². The van der Waals surface area contributed by atoms with Gasteiger partial charge in [-0.3, -0.25) is 0 Å². The number of rotatable bonds is 12. The van der Waals surface area contributed by atoms with Crippen molar-refractivity contribution in [1.82, 2.24) is 9.97 Å². The predicted molar refractivity (Wildman–Crippen MR) is 138 cm³/mol. The van der Waals surface area contributed by atoms with Crippen LogP contribution in [0.1, 0.15) is 76.0 Å². The monoisotopic (exact) mass is 524 g/mol. The zero-order valence-corrected chi connectivity index (χ0v) is 22.9. The SMILES string of the molecule is CCC[CH2][Sn]([CH2]CCC)([CH2]CCC)[c]1cc(Cc2ccncc2)cc2cc(C)cnc12. The van der Waals surface area contributed by atoms with Crippen LogP contribution in [-0.2, 0) is 6.42 Å². The quantitative estimate of drug-likeness (QED) is 0.229. The van der Waals surface area contributed by atoms with E-state index in [1.165, 1.54) is 79.4 Å². The number of unbranched alkanes of at least 4 members (excludes halogenated alkanes) is 3. The van der Waals surface area contributed by atoms with Crippen molar-refractivity contribution in [2.45, 2.75) is 86.0 Å². The maximum absolute atomic E-state index is 5.06. The Kier molecular flexibility index (Phi) is 9.37. The van der Waals surface area contributed by atoms with Crippen molar-refractivity contribution in [3.8, 4) is 0 Å². The Morgan fingerprint density at radius 3 is 1.97 bits per heavy atom. The van der Waals surface area contributed by atoms with Crippen molar-refractivity contribution in [1.29, 1.82) is 0 Å². The molecule has 2 nitrogen and oxygen atoms in total. The summed E-state index contributed by atoms with van der Waals surface area (Å²) in [5.41, 5.74) is 5.38. The molecule has 0 bridgehead atoms. The van der Waals surface area contributed by atoms with E-state index in [0.717, 1.165) is 6.42 Å². The molecule has 2 aromatic heterocycles. The molecule has 0 fully saturated rings. The third kappa shape index (κ3) is 6.31. The Morgan fingerprint density at radius 2 is 1.39 bits per heavy atom. The van der Waals surface area contributed by atoms with Gasteiger partial charge in [-0.15, -0.1) is 0 Å². The van der Waals surface area contributed by atoms with Crippen LogP contribution in [0, 0.1) is 6.92 Å². The molecule has 3 heteroatoms. The van der Waals surface area contributed by atoms with E-state index in [9.17, 15) is 0 Å². The molecule has 0 radical (unpaired) electrons. The molecule has 3 aromatic rings. The van der Waals surface area contributed by atoms with Crippen molar-refractivity contribution in [2.24, 2.45) is 0 Å². The van der Waals surface area contributed by atoms with E-state index in [1.807, 2.05) is 12.4 Å². The summed E-state index contributed by atoms with van der Waals surface area (Å²) in [4.78, 5) is 9.27. The van der Waals surface area contributed by atoms with Gasteiger partial charge in [0.1, 0.15) is 0 Å². The number of hydrogen-bond donors (Lipinski definition) is 0. The van der Waals surface area contributed by atoms with Crippen LogP contribution >= 0.6 is 0 Å². The van der Waals surface area contributed by atoms with Gasteiger partial charge in [-0.05, 0) is 0 Å². The van der Waals surface area contributed by atoms with Gasteiger partial charge < -0.3 is 0 Å².